The Labute approximate surface area is 134 Å². The summed E-state index contributed by atoms with van der Waals surface area (Å²) in [6.45, 7) is 8.43. The van der Waals surface area contributed by atoms with Crippen LogP contribution in [0.15, 0.2) is 40.9 Å². The molecule has 1 heterocycles. The molecule has 0 saturated carbocycles. The summed E-state index contributed by atoms with van der Waals surface area (Å²) in [5.41, 5.74) is -0.425. The van der Waals surface area contributed by atoms with Gasteiger partial charge in [-0.15, -0.1) is 0 Å². The average Bonchev–Trinajstić information content (AvgIpc) is 2.61. The second-order valence-electron chi connectivity index (χ2n) is 6.87. The first-order valence-electron chi connectivity index (χ1n) is 7.33. The molecule has 1 aliphatic heterocycles. The van der Waals surface area contributed by atoms with Gasteiger partial charge in [0.05, 0.1) is 10.1 Å². The highest BCUT2D eigenvalue weighted by molar-refractivity contribution is 9.10. The molecule has 2 aromatic carbocycles. The normalized spacial score (nSPS) is 23.4. The molecular formula is C18H21BrO2. The largest absolute Gasteiger partial charge is 0.486 e. The van der Waals surface area contributed by atoms with Crippen LogP contribution in [0.25, 0.3) is 10.8 Å². The number of hydrogen-bond donors (Lipinski definition) is 0. The van der Waals surface area contributed by atoms with Crippen LogP contribution in [-0.2, 0) is 4.74 Å². The van der Waals surface area contributed by atoms with Crippen molar-refractivity contribution in [1.82, 2.24) is 0 Å². The minimum atomic E-state index is -0.283. The molecule has 0 amide bonds. The lowest BCUT2D eigenvalue weighted by Crippen LogP contribution is -2.36. The van der Waals surface area contributed by atoms with E-state index in [0.717, 1.165) is 16.6 Å². The predicted octanol–water partition coefficient (Wildman–Crippen LogP) is 5.33. The van der Waals surface area contributed by atoms with Crippen molar-refractivity contribution in [3.05, 3.63) is 40.9 Å². The molecule has 21 heavy (non-hydrogen) atoms. The molecule has 0 bridgehead atoms. The number of fused-ring (bicyclic) bond motifs is 1. The van der Waals surface area contributed by atoms with Gasteiger partial charge in [0, 0.05) is 6.42 Å². The molecular weight excluding hydrogens is 328 g/mol. The first kappa shape index (κ1) is 14.9. The van der Waals surface area contributed by atoms with Crippen LogP contribution in [0.5, 0.6) is 5.75 Å². The van der Waals surface area contributed by atoms with Gasteiger partial charge >= 0.3 is 0 Å². The van der Waals surface area contributed by atoms with Gasteiger partial charge in [-0.2, -0.15) is 0 Å². The Kier molecular flexibility index (Phi) is 3.53. The van der Waals surface area contributed by atoms with Gasteiger partial charge in [-0.25, -0.2) is 0 Å². The fourth-order valence-corrected chi connectivity index (χ4v) is 3.74. The maximum atomic E-state index is 6.29. The summed E-state index contributed by atoms with van der Waals surface area (Å²) in [7, 11) is 0. The van der Waals surface area contributed by atoms with Crippen LogP contribution in [0.3, 0.4) is 0 Å². The van der Waals surface area contributed by atoms with Crippen molar-refractivity contribution in [2.75, 3.05) is 0 Å². The maximum Gasteiger partial charge on any atom is 0.134 e. The zero-order valence-electron chi connectivity index (χ0n) is 12.9. The van der Waals surface area contributed by atoms with E-state index in [1.165, 1.54) is 10.8 Å². The van der Waals surface area contributed by atoms with Crippen molar-refractivity contribution in [1.29, 1.82) is 0 Å². The summed E-state index contributed by atoms with van der Waals surface area (Å²) in [6.07, 6.45) is 0.934. The third-order valence-electron chi connectivity index (χ3n) is 4.09. The van der Waals surface area contributed by atoms with Gasteiger partial charge in [0.1, 0.15) is 17.5 Å². The zero-order valence-corrected chi connectivity index (χ0v) is 14.5. The van der Waals surface area contributed by atoms with E-state index in [1.807, 2.05) is 18.2 Å². The average molecular weight is 349 g/mol. The lowest BCUT2D eigenvalue weighted by Gasteiger charge is -2.27. The van der Waals surface area contributed by atoms with Gasteiger partial charge in [0.2, 0.25) is 0 Å². The van der Waals surface area contributed by atoms with E-state index in [0.29, 0.717) is 0 Å². The summed E-state index contributed by atoms with van der Waals surface area (Å²) in [4.78, 5) is 0. The number of halogens is 1. The lowest BCUT2D eigenvalue weighted by atomic mass is 9.97. The second kappa shape index (κ2) is 4.99. The number of hydrogen-bond acceptors (Lipinski definition) is 2. The molecule has 2 nitrogen and oxygen atoms in total. The predicted molar refractivity (Wildman–Crippen MR) is 89.9 cm³/mol. The highest BCUT2D eigenvalue weighted by atomic mass is 79.9. The molecule has 1 saturated heterocycles. The van der Waals surface area contributed by atoms with Crippen LogP contribution in [0.2, 0.25) is 0 Å². The fraction of sp³-hybridized carbons (Fsp3) is 0.444. The monoisotopic (exact) mass is 348 g/mol. The molecule has 0 aliphatic carbocycles. The molecule has 1 aliphatic rings. The van der Waals surface area contributed by atoms with Crippen LogP contribution in [0, 0.1) is 0 Å². The molecule has 1 fully saturated rings. The standard InChI is InChI=1S/C18H21BrO2/c1-17(2)11-15(18(3,4)21-17)20-14-10-9-12-7-5-6-8-13(12)16(14)19/h5-10,15H,11H2,1-4H3. The van der Waals surface area contributed by atoms with Gasteiger partial charge in [-0.1, -0.05) is 30.3 Å². The van der Waals surface area contributed by atoms with E-state index < -0.39 is 0 Å². The van der Waals surface area contributed by atoms with Crippen molar-refractivity contribution in [2.45, 2.75) is 51.4 Å². The second-order valence-corrected chi connectivity index (χ2v) is 7.67. The lowest BCUT2D eigenvalue weighted by molar-refractivity contribution is -0.0846. The van der Waals surface area contributed by atoms with Crippen molar-refractivity contribution >= 4 is 26.7 Å². The Bertz CT molecular complexity index is 676. The SMILES string of the molecule is CC1(C)CC(Oc2ccc3ccccc3c2Br)C(C)(C)O1. The van der Waals surface area contributed by atoms with E-state index >= 15 is 0 Å². The van der Waals surface area contributed by atoms with E-state index in [9.17, 15) is 0 Å². The molecule has 112 valence electrons. The van der Waals surface area contributed by atoms with E-state index in [2.05, 4.69) is 61.8 Å². The van der Waals surface area contributed by atoms with Crippen molar-refractivity contribution in [2.24, 2.45) is 0 Å². The third kappa shape index (κ3) is 2.82. The van der Waals surface area contributed by atoms with Gasteiger partial charge < -0.3 is 9.47 Å². The molecule has 0 radical (unpaired) electrons. The summed E-state index contributed by atoms with van der Waals surface area (Å²) in [5, 5.41) is 2.38. The molecule has 0 aromatic heterocycles. The smallest absolute Gasteiger partial charge is 0.134 e. The topological polar surface area (TPSA) is 18.5 Å². The van der Waals surface area contributed by atoms with Gasteiger partial charge in [-0.3, -0.25) is 0 Å². The third-order valence-corrected chi connectivity index (χ3v) is 4.91. The van der Waals surface area contributed by atoms with Gasteiger partial charge in [0.25, 0.3) is 0 Å². The number of benzene rings is 2. The molecule has 3 rings (SSSR count). The molecule has 3 heteroatoms. The van der Waals surface area contributed by atoms with Crippen LogP contribution >= 0.6 is 15.9 Å². The minimum absolute atomic E-state index is 0.0463. The van der Waals surface area contributed by atoms with Crippen molar-refractivity contribution in [3.63, 3.8) is 0 Å². The van der Waals surface area contributed by atoms with Gasteiger partial charge in [0.15, 0.2) is 0 Å². The van der Waals surface area contributed by atoms with E-state index in [-0.39, 0.29) is 17.3 Å². The first-order chi connectivity index (χ1) is 9.78. The zero-order chi connectivity index (χ0) is 15.3. The summed E-state index contributed by atoms with van der Waals surface area (Å²) < 4.78 is 13.4. The van der Waals surface area contributed by atoms with Crippen LogP contribution < -0.4 is 4.74 Å². The van der Waals surface area contributed by atoms with Crippen molar-refractivity contribution in [3.8, 4) is 5.75 Å². The molecule has 0 N–H and O–H groups in total. The Morgan fingerprint density at radius 1 is 1.10 bits per heavy atom. The van der Waals surface area contributed by atoms with Crippen LogP contribution in [0.1, 0.15) is 34.1 Å². The first-order valence-corrected chi connectivity index (χ1v) is 8.12. The maximum absolute atomic E-state index is 6.29. The quantitative estimate of drug-likeness (QED) is 0.730. The fourth-order valence-electron chi connectivity index (χ4n) is 3.15. The Morgan fingerprint density at radius 3 is 2.48 bits per heavy atom. The molecule has 1 atom stereocenters. The Morgan fingerprint density at radius 2 is 1.81 bits per heavy atom. The van der Waals surface area contributed by atoms with Gasteiger partial charge in [-0.05, 0) is 60.5 Å². The highest BCUT2D eigenvalue weighted by Gasteiger charge is 2.47. The highest BCUT2D eigenvalue weighted by Crippen LogP contribution is 2.42. The van der Waals surface area contributed by atoms with Crippen LogP contribution in [-0.4, -0.2) is 17.3 Å². The summed E-state index contributed by atoms with van der Waals surface area (Å²) in [6, 6.07) is 12.4. The Balaban J connectivity index is 1.94. The van der Waals surface area contributed by atoms with Crippen LogP contribution in [0.4, 0.5) is 0 Å². The van der Waals surface area contributed by atoms with Crippen molar-refractivity contribution < 1.29 is 9.47 Å². The summed E-state index contributed by atoms with van der Waals surface area (Å²) in [5.74, 6) is 0.882. The molecule has 1 unspecified atom stereocenters. The number of rotatable bonds is 2. The molecule has 2 aromatic rings. The number of ether oxygens (including phenoxy) is 2. The summed E-state index contributed by atoms with van der Waals surface area (Å²) >= 11 is 3.69. The minimum Gasteiger partial charge on any atom is -0.486 e. The van der Waals surface area contributed by atoms with E-state index in [4.69, 9.17) is 9.47 Å². The molecule has 0 spiro atoms. The van der Waals surface area contributed by atoms with E-state index in [1.54, 1.807) is 0 Å². The Hall–Kier alpha value is -1.06.